The second-order valence-corrected chi connectivity index (χ2v) is 12.3. The molecule has 1 unspecified atom stereocenters. The summed E-state index contributed by atoms with van der Waals surface area (Å²) in [5.41, 5.74) is 8.44. The minimum atomic E-state index is -0.369. The maximum atomic E-state index is 6.33. The van der Waals surface area contributed by atoms with Gasteiger partial charge in [0.05, 0.1) is 11.7 Å². The van der Waals surface area contributed by atoms with Crippen molar-refractivity contribution in [2.45, 2.75) is 84.8 Å². The molecule has 0 spiro atoms. The van der Waals surface area contributed by atoms with Crippen molar-refractivity contribution in [3.05, 3.63) is 77.9 Å². The van der Waals surface area contributed by atoms with Crippen LogP contribution < -0.4 is 5.46 Å². The molecule has 0 N–H and O–H groups in total. The van der Waals surface area contributed by atoms with Crippen LogP contribution in [0, 0.1) is 0 Å². The van der Waals surface area contributed by atoms with E-state index in [4.69, 9.17) is 9.31 Å². The van der Waals surface area contributed by atoms with Crippen LogP contribution in [-0.2, 0) is 20.1 Å². The lowest BCUT2D eigenvalue weighted by molar-refractivity contribution is 0.0842. The predicted molar refractivity (Wildman–Crippen MR) is 146 cm³/mol. The molecule has 34 heavy (non-hydrogen) atoms. The van der Waals surface area contributed by atoms with Crippen molar-refractivity contribution in [1.82, 2.24) is 0 Å². The fourth-order valence-corrected chi connectivity index (χ4v) is 4.34. The highest BCUT2D eigenvalue weighted by atomic mass is 16.7. The highest BCUT2D eigenvalue weighted by molar-refractivity contribution is 6.62. The van der Waals surface area contributed by atoms with Gasteiger partial charge < -0.3 is 9.31 Å². The zero-order valence-electron chi connectivity index (χ0n) is 22.3. The van der Waals surface area contributed by atoms with Crippen LogP contribution in [0.1, 0.15) is 73.4 Å². The molecule has 1 fully saturated rings. The van der Waals surface area contributed by atoms with Gasteiger partial charge in [-0.2, -0.15) is 0 Å². The van der Waals surface area contributed by atoms with Crippen molar-refractivity contribution < 1.29 is 9.31 Å². The third-order valence-corrected chi connectivity index (χ3v) is 7.11. The Morgan fingerprint density at radius 2 is 1.06 bits per heavy atom. The summed E-state index contributed by atoms with van der Waals surface area (Å²) in [7, 11) is -0.369. The fourth-order valence-electron chi connectivity index (χ4n) is 4.34. The molecule has 4 rings (SSSR count). The van der Waals surface area contributed by atoms with Gasteiger partial charge in [0.2, 0.25) is 0 Å². The van der Waals surface area contributed by atoms with E-state index < -0.39 is 0 Å². The third kappa shape index (κ3) is 5.16. The molecule has 3 heteroatoms. The lowest BCUT2D eigenvalue weighted by Crippen LogP contribution is -2.35. The van der Waals surface area contributed by atoms with Crippen LogP contribution in [-0.4, -0.2) is 18.8 Å². The molecule has 3 aromatic rings. The van der Waals surface area contributed by atoms with E-state index in [1.165, 1.54) is 33.4 Å². The summed E-state index contributed by atoms with van der Waals surface area (Å²) in [5.74, 6) is 0. The van der Waals surface area contributed by atoms with Gasteiger partial charge in [0.15, 0.2) is 0 Å². The zero-order chi connectivity index (χ0) is 24.9. The Morgan fingerprint density at radius 1 is 0.647 bits per heavy atom. The van der Waals surface area contributed by atoms with Gasteiger partial charge in [0.25, 0.3) is 0 Å². The minimum absolute atomic E-state index is 0.0294. The molecule has 1 aliphatic rings. The van der Waals surface area contributed by atoms with Gasteiger partial charge in [-0.3, -0.25) is 0 Å². The Morgan fingerprint density at radius 3 is 1.38 bits per heavy atom. The lowest BCUT2D eigenvalue weighted by Gasteiger charge is -2.21. The van der Waals surface area contributed by atoms with Crippen LogP contribution in [0.3, 0.4) is 0 Å². The Hall–Kier alpha value is -2.36. The largest absolute Gasteiger partial charge is 0.494 e. The van der Waals surface area contributed by atoms with Gasteiger partial charge in [-0.05, 0) is 76.5 Å². The van der Waals surface area contributed by atoms with Crippen LogP contribution >= 0.6 is 0 Å². The molecule has 1 atom stereocenters. The number of benzene rings is 3. The topological polar surface area (TPSA) is 18.5 Å². The molecule has 2 nitrogen and oxygen atoms in total. The van der Waals surface area contributed by atoms with Crippen molar-refractivity contribution in [1.29, 1.82) is 0 Å². The molecule has 0 bridgehead atoms. The van der Waals surface area contributed by atoms with E-state index in [0.717, 1.165) is 5.46 Å². The summed E-state index contributed by atoms with van der Waals surface area (Å²) in [6.07, 6.45) is 0.0294. The lowest BCUT2D eigenvalue weighted by atomic mass is 9.76. The van der Waals surface area contributed by atoms with Crippen molar-refractivity contribution in [3.63, 3.8) is 0 Å². The first-order chi connectivity index (χ1) is 15.7. The number of hydrogen-bond donors (Lipinski definition) is 0. The van der Waals surface area contributed by atoms with E-state index in [1.54, 1.807) is 0 Å². The van der Waals surface area contributed by atoms with Gasteiger partial charge in [-0.1, -0.05) is 102 Å². The van der Waals surface area contributed by atoms with Crippen LogP contribution in [0.15, 0.2) is 66.7 Å². The van der Waals surface area contributed by atoms with Crippen LogP contribution in [0.5, 0.6) is 0 Å². The van der Waals surface area contributed by atoms with E-state index in [-0.39, 0.29) is 29.7 Å². The smallest absolute Gasteiger partial charge is 0.402 e. The van der Waals surface area contributed by atoms with E-state index in [9.17, 15) is 0 Å². The highest BCUT2D eigenvalue weighted by Gasteiger charge is 2.44. The fraction of sp³-hybridized carbons (Fsp3) is 0.419. The van der Waals surface area contributed by atoms with Gasteiger partial charge >= 0.3 is 7.12 Å². The molecular formula is C31H39BO2. The van der Waals surface area contributed by atoms with Crippen molar-refractivity contribution in [2.24, 2.45) is 0 Å². The molecule has 1 aliphatic heterocycles. The molecule has 0 saturated carbocycles. The molecule has 178 valence electrons. The minimum Gasteiger partial charge on any atom is -0.402 e. The van der Waals surface area contributed by atoms with Gasteiger partial charge in [-0.15, -0.1) is 0 Å². The average molecular weight is 454 g/mol. The van der Waals surface area contributed by atoms with Gasteiger partial charge in [0.1, 0.15) is 0 Å². The SMILES string of the molecule is CC1OB(c2cc(-c3ccc(C(C)(C)C)cc3)cc(-c3ccc(C(C)(C)C)cc3)c2)OC1(C)C. The number of hydrogen-bond acceptors (Lipinski definition) is 2. The van der Waals surface area contributed by atoms with E-state index in [1.807, 2.05) is 0 Å². The molecule has 0 amide bonds. The van der Waals surface area contributed by atoms with Crippen molar-refractivity contribution in [2.75, 3.05) is 0 Å². The zero-order valence-corrected chi connectivity index (χ0v) is 22.3. The predicted octanol–water partition coefficient (Wildman–Crippen LogP) is 7.52. The van der Waals surface area contributed by atoms with E-state index >= 15 is 0 Å². The van der Waals surface area contributed by atoms with Crippen molar-refractivity contribution in [3.8, 4) is 22.3 Å². The molecule has 0 radical (unpaired) electrons. The molecule has 1 saturated heterocycles. The van der Waals surface area contributed by atoms with Crippen LogP contribution in [0.4, 0.5) is 0 Å². The summed E-state index contributed by atoms with van der Waals surface area (Å²) >= 11 is 0. The number of rotatable bonds is 3. The Bertz CT molecular complexity index is 1070. The second-order valence-electron chi connectivity index (χ2n) is 12.3. The van der Waals surface area contributed by atoms with E-state index in [0.29, 0.717) is 0 Å². The maximum Gasteiger partial charge on any atom is 0.494 e. The molecular weight excluding hydrogens is 415 g/mol. The third-order valence-electron chi connectivity index (χ3n) is 7.11. The summed E-state index contributed by atoms with van der Waals surface area (Å²) in [5, 5.41) is 0. The normalized spacial score (nSPS) is 18.4. The maximum absolute atomic E-state index is 6.33. The van der Waals surface area contributed by atoms with Crippen molar-refractivity contribution >= 4 is 12.6 Å². The highest BCUT2D eigenvalue weighted by Crippen LogP contribution is 2.32. The molecule has 1 heterocycles. The second kappa shape index (κ2) is 8.70. The Labute approximate surface area is 206 Å². The molecule has 3 aromatic carbocycles. The quantitative estimate of drug-likeness (QED) is 0.381. The summed E-state index contributed by atoms with van der Waals surface area (Å²) in [6, 6.07) is 24.6. The summed E-state index contributed by atoms with van der Waals surface area (Å²) < 4.78 is 12.6. The molecule has 0 aromatic heterocycles. The van der Waals surface area contributed by atoms with Crippen LogP contribution in [0.25, 0.3) is 22.3 Å². The Kier molecular flexibility index (Phi) is 6.33. The van der Waals surface area contributed by atoms with Crippen LogP contribution in [0.2, 0.25) is 0 Å². The standard InChI is InChI=1S/C31H39BO2/c1-21-31(8,9)34-32(33-21)28-19-24(22-10-14-26(15-11-22)29(2,3)4)18-25(20-28)23-12-16-27(17-13-23)30(5,6)7/h10-21H,1-9H3. The first kappa shape index (κ1) is 24.8. The molecule has 0 aliphatic carbocycles. The first-order valence-electron chi connectivity index (χ1n) is 12.4. The summed E-state index contributed by atoms with van der Waals surface area (Å²) in [4.78, 5) is 0. The first-order valence-corrected chi connectivity index (χ1v) is 12.4. The monoisotopic (exact) mass is 454 g/mol. The van der Waals surface area contributed by atoms with E-state index in [2.05, 4.69) is 129 Å². The van der Waals surface area contributed by atoms with Gasteiger partial charge in [-0.25, -0.2) is 0 Å². The average Bonchev–Trinajstić information content (AvgIpc) is 3.05. The summed E-state index contributed by atoms with van der Waals surface area (Å²) in [6.45, 7) is 19.8. The Balaban J connectivity index is 1.78. The van der Waals surface area contributed by atoms with Gasteiger partial charge in [0, 0.05) is 0 Å².